The van der Waals surface area contributed by atoms with E-state index < -0.39 is 19.1 Å². The van der Waals surface area contributed by atoms with Crippen LogP contribution in [-0.2, 0) is 25.7 Å². The fourth-order valence-corrected chi connectivity index (χ4v) is 0. The summed E-state index contributed by atoms with van der Waals surface area (Å²) in [6, 6.07) is 0. The van der Waals surface area contributed by atoms with Crippen molar-refractivity contribution in [1.29, 1.82) is 0 Å². The molecule has 0 saturated carbocycles. The summed E-state index contributed by atoms with van der Waals surface area (Å²) in [5.74, 6) is 0. The first kappa shape index (κ1) is 9.12. The van der Waals surface area contributed by atoms with Gasteiger partial charge in [-0.1, -0.05) is 0 Å². The summed E-state index contributed by atoms with van der Waals surface area (Å²) in [7, 11) is 0. The normalized spacial score (nSPS) is 2.00. The third-order valence-corrected chi connectivity index (χ3v) is 0. The van der Waals surface area contributed by atoms with Crippen LogP contribution in [0.3, 0.4) is 0 Å². The van der Waals surface area contributed by atoms with Gasteiger partial charge in [0.05, 0.1) is 0 Å². The van der Waals surface area contributed by atoms with Crippen LogP contribution < -0.4 is 0 Å². The Kier molecular flexibility index (Phi) is 20.1. The van der Waals surface area contributed by atoms with Gasteiger partial charge in [-0.15, -0.1) is 0 Å². The van der Waals surface area contributed by atoms with Crippen molar-refractivity contribution in [2.24, 2.45) is 0 Å². The Hall–Kier alpha value is 1.56. The molecule has 2 nitrogen and oxygen atoms in total. The van der Waals surface area contributed by atoms with E-state index in [0.717, 1.165) is 0 Å². The molecule has 0 radical (unpaired) electrons. The second kappa shape index (κ2) is 8.82. The third-order valence-electron chi connectivity index (χ3n) is 0. The van der Waals surface area contributed by atoms with Gasteiger partial charge in [-0.25, -0.2) is 0 Å². The minimum atomic E-state index is -2.00. The van der Waals surface area contributed by atoms with Gasteiger partial charge in [0.15, 0.2) is 0 Å². The third kappa shape index (κ3) is 9.58. The molecule has 0 fully saturated rings. The van der Waals surface area contributed by atoms with Gasteiger partial charge in [-0.3, -0.25) is 0 Å². The molecule has 0 atom stereocenters. The summed E-state index contributed by atoms with van der Waals surface area (Å²) in [6.45, 7) is 0. The molecule has 0 aliphatic rings. The van der Waals surface area contributed by atoms with Crippen molar-refractivity contribution in [2.45, 2.75) is 0 Å². The molecule has 0 aromatic heterocycles. The van der Waals surface area contributed by atoms with Crippen LogP contribution in [0.1, 0.15) is 0 Å². The molecular weight excluding hydrogens is 247 g/mol. The average molecular weight is 247 g/mol. The first-order valence-corrected chi connectivity index (χ1v) is 1.68. The van der Waals surface area contributed by atoms with E-state index in [9.17, 15) is 0 Å². The summed E-state index contributed by atoms with van der Waals surface area (Å²) in [5.41, 5.74) is 0. The second-order valence-electron chi connectivity index (χ2n) is 0.0833. The molecule has 0 amide bonds. The summed E-state index contributed by atoms with van der Waals surface area (Å²) in [4.78, 5) is 0. The van der Waals surface area contributed by atoms with Crippen LogP contribution in [0.4, 0.5) is 0 Å². The van der Waals surface area contributed by atoms with Gasteiger partial charge in [0.25, 0.3) is 0 Å². The van der Waals surface area contributed by atoms with Crippen LogP contribution in [0, 0.1) is 37.3 Å². The van der Waals surface area contributed by atoms with Crippen molar-refractivity contribution >= 4 is 0 Å². The number of rotatable bonds is 0. The van der Waals surface area contributed by atoms with Gasteiger partial charge in [0.1, 0.15) is 0 Å². The van der Waals surface area contributed by atoms with E-state index in [0.29, 0.717) is 0 Å². The molecule has 0 N–H and O–H groups in total. The fraction of sp³-hybridized carbons (Fsp3) is 0. The summed E-state index contributed by atoms with van der Waals surface area (Å²) in [5, 5.41) is 0. The van der Waals surface area contributed by atoms with E-state index in [-0.39, 0.29) is 37.3 Å². The van der Waals surface area contributed by atoms with Crippen molar-refractivity contribution < 1.29 is 63.0 Å². The standard InChI is InChI=1S/Er.2O.Ti. The van der Waals surface area contributed by atoms with Crippen molar-refractivity contribution in [3.05, 3.63) is 0 Å². The summed E-state index contributed by atoms with van der Waals surface area (Å²) in [6.07, 6.45) is 0. The summed E-state index contributed by atoms with van der Waals surface area (Å²) >= 11 is -2.00. The molecule has 0 rings (SSSR count). The first-order valence-electron chi connectivity index (χ1n) is 0.408. The Balaban J connectivity index is 0. The monoisotopic (exact) mass is 246 g/mol. The van der Waals surface area contributed by atoms with Gasteiger partial charge in [0.2, 0.25) is 0 Å². The van der Waals surface area contributed by atoms with Crippen molar-refractivity contribution in [2.75, 3.05) is 0 Å². The van der Waals surface area contributed by atoms with Crippen LogP contribution in [0.25, 0.3) is 0 Å². The van der Waals surface area contributed by atoms with Crippen LogP contribution in [0.2, 0.25) is 0 Å². The first-order chi connectivity index (χ1) is 1.41. The van der Waals surface area contributed by atoms with Crippen LogP contribution in [0.5, 0.6) is 0 Å². The van der Waals surface area contributed by atoms with E-state index >= 15 is 0 Å². The zero-order chi connectivity index (χ0) is 2.71. The molecule has 0 saturated heterocycles. The van der Waals surface area contributed by atoms with Crippen molar-refractivity contribution in [3.8, 4) is 0 Å². The van der Waals surface area contributed by atoms with E-state index in [1.54, 1.807) is 0 Å². The van der Waals surface area contributed by atoms with Crippen molar-refractivity contribution in [1.82, 2.24) is 0 Å². The maximum atomic E-state index is 8.50. The Morgan fingerprint density at radius 1 is 1.25 bits per heavy atom. The zero-order valence-corrected chi connectivity index (χ0v) is 5.02. The summed E-state index contributed by atoms with van der Waals surface area (Å²) < 4.78 is 17.0. The van der Waals surface area contributed by atoms with Gasteiger partial charge in [-0.2, -0.15) is 0 Å². The Morgan fingerprint density at radius 3 is 1.25 bits per heavy atom. The van der Waals surface area contributed by atoms with Crippen molar-refractivity contribution in [3.63, 3.8) is 0 Å². The fourth-order valence-electron chi connectivity index (χ4n) is 0. The van der Waals surface area contributed by atoms with E-state index in [1.807, 2.05) is 0 Å². The molecule has 0 aromatic rings. The minimum absolute atomic E-state index is 0. The predicted octanol–water partition coefficient (Wildman–Crippen LogP) is -0.240. The Morgan fingerprint density at radius 2 is 1.25 bits per heavy atom. The quantitative estimate of drug-likeness (QED) is 0.554. The van der Waals surface area contributed by atoms with E-state index in [4.69, 9.17) is 6.65 Å². The SMILES string of the molecule is [Er].[O]=[Ti]=[O]. The average Bonchev–Trinajstić information content (AvgIpc) is 0.918. The molecule has 0 bridgehead atoms. The van der Waals surface area contributed by atoms with E-state index in [2.05, 4.69) is 0 Å². The van der Waals surface area contributed by atoms with Crippen LogP contribution in [-0.4, -0.2) is 0 Å². The topological polar surface area (TPSA) is 34.1 Å². The molecule has 4 heavy (non-hydrogen) atoms. The zero-order valence-electron chi connectivity index (χ0n) is 1.61. The maximum absolute atomic E-state index is 8.50. The molecule has 0 aliphatic carbocycles. The Bertz CT molecular complexity index is 27.0. The van der Waals surface area contributed by atoms with Gasteiger partial charge in [0, 0.05) is 37.3 Å². The Labute approximate surface area is 62.1 Å². The molecule has 0 spiro atoms. The molecule has 0 aliphatic heterocycles. The number of hydrogen-bond donors (Lipinski definition) is 0. The molecule has 0 unspecified atom stereocenters. The predicted molar refractivity (Wildman–Crippen MR) is 1.37 cm³/mol. The molecular formula is ErO2Ti. The molecule has 4 heteroatoms. The molecule has 28 valence electrons. The van der Waals surface area contributed by atoms with Crippen LogP contribution in [0.15, 0.2) is 0 Å². The molecule has 0 heterocycles. The second-order valence-corrected chi connectivity index (χ2v) is 0.344. The molecule has 0 aromatic carbocycles. The number of hydrogen-bond acceptors (Lipinski definition) is 2. The van der Waals surface area contributed by atoms with Crippen LogP contribution >= 0.6 is 0 Å². The van der Waals surface area contributed by atoms with Gasteiger partial charge < -0.3 is 0 Å². The van der Waals surface area contributed by atoms with Gasteiger partial charge in [-0.05, 0) is 0 Å². The van der Waals surface area contributed by atoms with E-state index in [1.165, 1.54) is 0 Å². The van der Waals surface area contributed by atoms with Gasteiger partial charge >= 0.3 is 25.7 Å².